The van der Waals surface area contributed by atoms with Gasteiger partial charge in [0.15, 0.2) is 5.60 Å². The Morgan fingerprint density at radius 2 is 1.75 bits per heavy atom. The van der Waals surface area contributed by atoms with E-state index in [1.165, 1.54) is 6.42 Å². The topological polar surface area (TPSA) is 34.6 Å². The summed E-state index contributed by atoms with van der Waals surface area (Å²) in [5.41, 5.74) is 2.47. The molecular formula is C32H32N2O2. The van der Waals surface area contributed by atoms with Crippen molar-refractivity contribution in [3.63, 3.8) is 0 Å². The van der Waals surface area contributed by atoms with Gasteiger partial charge in [0, 0.05) is 29.3 Å². The van der Waals surface area contributed by atoms with Gasteiger partial charge in [0.25, 0.3) is 0 Å². The third kappa shape index (κ3) is 3.77. The second-order valence-electron chi connectivity index (χ2n) is 9.95. The lowest BCUT2D eigenvalue weighted by molar-refractivity contribution is -0.0739. The van der Waals surface area contributed by atoms with Crippen LogP contribution in [0.25, 0.3) is 10.9 Å². The van der Waals surface area contributed by atoms with Crippen LogP contribution in [0, 0.1) is 11.8 Å². The maximum Gasteiger partial charge on any atom is 0.175 e. The number of para-hydroxylation sites is 1. The van der Waals surface area contributed by atoms with Gasteiger partial charge < -0.3 is 9.47 Å². The Morgan fingerprint density at radius 1 is 0.972 bits per heavy atom. The molecule has 3 aliphatic rings. The zero-order valence-corrected chi connectivity index (χ0v) is 20.7. The lowest BCUT2D eigenvalue weighted by atomic mass is 9.67. The number of hydrogen-bond acceptors (Lipinski definition) is 4. The molecule has 7 rings (SSSR count). The minimum absolute atomic E-state index is 0.159. The summed E-state index contributed by atoms with van der Waals surface area (Å²) in [6.07, 6.45) is 6.32. The average Bonchev–Trinajstić information content (AvgIpc) is 2.96. The summed E-state index contributed by atoms with van der Waals surface area (Å²) < 4.78 is 12.9. The molecule has 4 nitrogen and oxygen atoms in total. The molecule has 0 amide bonds. The van der Waals surface area contributed by atoms with Crippen LogP contribution in [0.2, 0.25) is 0 Å². The van der Waals surface area contributed by atoms with Crippen LogP contribution in [0.4, 0.5) is 0 Å². The summed E-state index contributed by atoms with van der Waals surface area (Å²) in [7, 11) is 1.71. The number of nitrogens with zero attached hydrogens (tertiary/aromatic N) is 2. The van der Waals surface area contributed by atoms with Gasteiger partial charge in [-0.1, -0.05) is 54.6 Å². The monoisotopic (exact) mass is 476 g/mol. The summed E-state index contributed by atoms with van der Waals surface area (Å²) in [6, 6.07) is 29.4. The number of rotatable bonds is 7. The molecule has 4 heterocycles. The first-order valence-electron chi connectivity index (χ1n) is 12.8. The predicted octanol–water partition coefficient (Wildman–Crippen LogP) is 6.46. The Hall–Kier alpha value is -3.63. The van der Waals surface area contributed by atoms with E-state index in [9.17, 15) is 0 Å². The number of aromatic nitrogens is 1. The van der Waals surface area contributed by atoms with Crippen molar-refractivity contribution >= 4 is 10.9 Å². The van der Waals surface area contributed by atoms with E-state index < -0.39 is 5.60 Å². The summed E-state index contributed by atoms with van der Waals surface area (Å²) in [5.74, 6) is 2.80. The van der Waals surface area contributed by atoms with Gasteiger partial charge in [0.1, 0.15) is 11.5 Å². The minimum Gasteiger partial charge on any atom is -0.497 e. The Kier molecular flexibility index (Phi) is 5.98. The van der Waals surface area contributed by atoms with E-state index >= 15 is 0 Å². The number of ether oxygens (including phenoxy) is 2. The molecule has 3 aliphatic heterocycles. The Balaban J connectivity index is 1.64. The van der Waals surface area contributed by atoms with Crippen molar-refractivity contribution in [2.75, 3.05) is 20.2 Å². The Morgan fingerprint density at radius 3 is 2.44 bits per heavy atom. The normalized spacial score (nSPS) is 24.7. The third-order valence-electron chi connectivity index (χ3n) is 8.15. The molecule has 182 valence electrons. The lowest BCUT2D eigenvalue weighted by Gasteiger charge is -2.56. The van der Waals surface area contributed by atoms with E-state index in [1.54, 1.807) is 7.11 Å². The van der Waals surface area contributed by atoms with Crippen LogP contribution in [-0.4, -0.2) is 36.1 Å². The molecule has 0 saturated carbocycles. The highest BCUT2D eigenvalue weighted by atomic mass is 16.5. The Bertz CT molecular complexity index is 1360. The summed E-state index contributed by atoms with van der Waals surface area (Å²) in [4.78, 5) is 7.35. The van der Waals surface area contributed by atoms with Crippen molar-refractivity contribution in [1.29, 1.82) is 0 Å². The molecule has 4 aromatic rings. The van der Waals surface area contributed by atoms with Crippen LogP contribution in [0.15, 0.2) is 104 Å². The summed E-state index contributed by atoms with van der Waals surface area (Å²) in [5, 5.41) is 1.06. The van der Waals surface area contributed by atoms with Crippen LogP contribution >= 0.6 is 0 Å². The third-order valence-corrected chi connectivity index (χ3v) is 8.15. The molecule has 0 N–H and O–H groups in total. The molecule has 2 bridgehead atoms. The second-order valence-corrected chi connectivity index (χ2v) is 9.95. The maximum atomic E-state index is 7.28. The second kappa shape index (κ2) is 9.44. The molecule has 36 heavy (non-hydrogen) atoms. The first kappa shape index (κ1) is 22.8. The van der Waals surface area contributed by atoms with Crippen LogP contribution < -0.4 is 9.47 Å². The molecule has 3 aromatic carbocycles. The van der Waals surface area contributed by atoms with E-state index in [2.05, 4.69) is 72.2 Å². The molecule has 1 aromatic heterocycles. The molecule has 1 unspecified atom stereocenters. The standard InChI is InChI=1S/C32H32N2O2/c1-3-23-22-34-19-17-24(23)20-31(34)32(25-10-6-4-7-11-25,36-26-12-8-5-9-13-26)29-16-18-33-30-15-14-27(35-2)21-28(29)30/h3-16,18,21,23-24,31H,1,17,19-20,22H2,2H3/t23-,24-,31-,32+/m0/s1. The largest absolute Gasteiger partial charge is 0.497 e. The van der Waals surface area contributed by atoms with Crippen molar-refractivity contribution in [2.45, 2.75) is 24.5 Å². The van der Waals surface area contributed by atoms with E-state index in [1.807, 2.05) is 36.5 Å². The highest BCUT2D eigenvalue weighted by Gasteiger charge is 2.53. The molecule has 4 heteroatoms. The fourth-order valence-corrected chi connectivity index (χ4v) is 6.40. The quantitative estimate of drug-likeness (QED) is 0.287. The van der Waals surface area contributed by atoms with Gasteiger partial charge in [-0.2, -0.15) is 0 Å². The number of piperidine rings is 3. The van der Waals surface area contributed by atoms with E-state index in [0.717, 1.165) is 53.0 Å². The fraction of sp³-hybridized carbons (Fsp3) is 0.281. The first-order valence-corrected chi connectivity index (χ1v) is 12.8. The molecule has 0 spiro atoms. The number of pyridine rings is 1. The van der Waals surface area contributed by atoms with Crippen molar-refractivity contribution in [3.05, 3.63) is 115 Å². The molecule has 0 radical (unpaired) electrons. The molecule has 5 atom stereocenters. The van der Waals surface area contributed by atoms with Gasteiger partial charge in [-0.05, 0) is 67.6 Å². The van der Waals surface area contributed by atoms with Crippen LogP contribution in [0.1, 0.15) is 24.0 Å². The van der Waals surface area contributed by atoms with Crippen molar-refractivity contribution in [3.8, 4) is 11.5 Å². The van der Waals surface area contributed by atoms with E-state index in [0.29, 0.717) is 11.8 Å². The number of hydrogen-bond donors (Lipinski definition) is 0. The smallest absolute Gasteiger partial charge is 0.175 e. The van der Waals surface area contributed by atoms with Crippen molar-refractivity contribution in [2.24, 2.45) is 11.8 Å². The van der Waals surface area contributed by atoms with Gasteiger partial charge in [-0.15, -0.1) is 6.58 Å². The highest BCUT2D eigenvalue weighted by molar-refractivity contribution is 5.85. The average molecular weight is 477 g/mol. The SMILES string of the molecule is C=C[C@H]1CN2CC[C@H]1C[C@H]2[C@@](Oc1ccccc1)(c1ccccc1)c1ccnc2ccc(OC)cc12. The number of fused-ring (bicyclic) bond motifs is 4. The first-order chi connectivity index (χ1) is 17.7. The van der Waals surface area contributed by atoms with E-state index in [-0.39, 0.29) is 6.04 Å². The van der Waals surface area contributed by atoms with Crippen molar-refractivity contribution in [1.82, 2.24) is 9.88 Å². The predicted molar refractivity (Wildman–Crippen MR) is 144 cm³/mol. The van der Waals surface area contributed by atoms with Crippen LogP contribution in [-0.2, 0) is 5.60 Å². The van der Waals surface area contributed by atoms with Gasteiger partial charge >= 0.3 is 0 Å². The highest BCUT2D eigenvalue weighted by Crippen LogP contribution is 2.50. The zero-order chi connectivity index (χ0) is 24.5. The Labute approximate surface area is 213 Å². The fourth-order valence-electron chi connectivity index (χ4n) is 6.40. The molecule has 0 aliphatic carbocycles. The van der Waals surface area contributed by atoms with E-state index in [4.69, 9.17) is 14.5 Å². The van der Waals surface area contributed by atoms with Crippen LogP contribution in [0.3, 0.4) is 0 Å². The zero-order valence-electron chi connectivity index (χ0n) is 20.7. The summed E-state index contributed by atoms with van der Waals surface area (Å²) in [6.45, 7) is 6.23. The van der Waals surface area contributed by atoms with Gasteiger partial charge in [-0.25, -0.2) is 0 Å². The number of benzene rings is 3. The van der Waals surface area contributed by atoms with Crippen molar-refractivity contribution < 1.29 is 9.47 Å². The maximum absolute atomic E-state index is 7.28. The molecule has 3 saturated heterocycles. The molecular weight excluding hydrogens is 444 g/mol. The lowest BCUT2D eigenvalue weighted by Crippen LogP contribution is -2.63. The number of methoxy groups -OCH3 is 1. The molecule has 3 fully saturated rings. The van der Waals surface area contributed by atoms with Gasteiger partial charge in [0.05, 0.1) is 18.7 Å². The van der Waals surface area contributed by atoms with Gasteiger partial charge in [-0.3, -0.25) is 9.88 Å². The van der Waals surface area contributed by atoms with Crippen LogP contribution in [0.5, 0.6) is 11.5 Å². The minimum atomic E-state index is -0.735. The summed E-state index contributed by atoms with van der Waals surface area (Å²) >= 11 is 0. The van der Waals surface area contributed by atoms with Gasteiger partial charge in [0.2, 0.25) is 0 Å².